The van der Waals surface area contributed by atoms with Gasteiger partial charge in [-0.2, -0.15) is 0 Å². The van der Waals surface area contributed by atoms with Crippen molar-refractivity contribution in [3.8, 4) is 11.1 Å². The average molecular weight is 412 g/mol. The third-order valence-corrected chi connectivity index (χ3v) is 5.94. The van der Waals surface area contributed by atoms with Crippen molar-refractivity contribution in [2.24, 2.45) is 0 Å². The number of para-hydroxylation sites is 1. The van der Waals surface area contributed by atoms with E-state index in [2.05, 4.69) is 48.6 Å². The summed E-state index contributed by atoms with van der Waals surface area (Å²) in [4.78, 5) is 19.6. The number of likely N-dealkylation sites (tertiary alicyclic amines) is 1. The first-order valence-electron chi connectivity index (χ1n) is 10.7. The van der Waals surface area contributed by atoms with Gasteiger partial charge in [0.05, 0.1) is 0 Å². The molecule has 1 saturated heterocycles. The van der Waals surface area contributed by atoms with Crippen LogP contribution in [0.15, 0.2) is 71.1 Å². The van der Waals surface area contributed by atoms with Gasteiger partial charge in [0, 0.05) is 12.2 Å². The molecule has 4 aromatic rings. The molecule has 0 bridgehead atoms. The SMILES string of the molecule is Cc1cccc(-c2ccc3oc(C4CCCN4C(=O)Nc4ccccc4C)nc3c2)c1. The summed E-state index contributed by atoms with van der Waals surface area (Å²) in [6, 6.07) is 22.0. The zero-order chi connectivity index (χ0) is 21.4. The Bertz CT molecular complexity index is 1260. The third-order valence-electron chi connectivity index (χ3n) is 5.94. The van der Waals surface area contributed by atoms with Gasteiger partial charge in [0.1, 0.15) is 11.6 Å². The maximum atomic E-state index is 13.0. The zero-order valence-corrected chi connectivity index (χ0v) is 17.8. The first kappa shape index (κ1) is 19.4. The third kappa shape index (κ3) is 3.79. The zero-order valence-electron chi connectivity index (χ0n) is 17.8. The number of nitrogens with one attached hydrogen (secondary N) is 1. The van der Waals surface area contributed by atoms with Crippen molar-refractivity contribution < 1.29 is 9.21 Å². The van der Waals surface area contributed by atoms with Crippen LogP contribution in [0.3, 0.4) is 0 Å². The van der Waals surface area contributed by atoms with Crippen LogP contribution in [-0.2, 0) is 0 Å². The molecule has 1 aliphatic rings. The highest BCUT2D eigenvalue weighted by atomic mass is 16.4. The molecule has 2 heterocycles. The fourth-order valence-corrected chi connectivity index (χ4v) is 4.26. The van der Waals surface area contributed by atoms with Crippen molar-refractivity contribution in [3.63, 3.8) is 0 Å². The summed E-state index contributed by atoms with van der Waals surface area (Å²) in [5.74, 6) is 0.605. The fraction of sp³-hybridized carbons (Fsp3) is 0.231. The molecule has 0 saturated carbocycles. The van der Waals surface area contributed by atoms with Crippen LogP contribution in [0.4, 0.5) is 10.5 Å². The maximum absolute atomic E-state index is 13.0. The monoisotopic (exact) mass is 411 g/mol. The van der Waals surface area contributed by atoms with Crippen LogP contribution >= 0.6 is 0 Å². The van der Waals surface area contributed by atoms with Crippen molar-refractivity contribution in [1.82, 2.24) is 9.88 Å². The number of urea groups is 1. The standard InChI is InChI=1S/C26H25N3O2/c1-17-7-5-9-19(15-17)20-12-13-24-22(16-20)27-25(31-24)23-11-6-14-29(23)26(30)28-21-10-4-3-8-18(21)2/h3-5,7-10,12-13,15-16,23H,6,11,14H2,1-2H3,(H,28,30). The van der Waals surface area contributed by atoms with E-state index in [0.29, 0.717) is 12.4 Å². The Morgan fingerprint density at radius 1 is 1.03 bits per heavy atom. The largest absolute Gasteiger partial charge is 0.438 e. The summed E-state index contributed by atoms with van der Waals surface area (Å²) in [5.41, 5.74) is 6.93. The minimum atomic E-state index is -0.154. The first-order valence-corrected chi connectivity index (χ1v) is 10.7. The van der Waals surface area contributed by atoms with E-state index in [1.165, 1.54) is 5.56 Å². The molecule has 3 aromatic carbocycles. The maximum Gasteiger partial charge on any atom is 0.322 e. The van der Waals surface area contributed by atoms with Gasteiger partial charge in [0.25, 0.3) is 0 Å². The van der Waals surface area contributed by atoms with Crippen LogP contribution < -0.4 is 5.32 Å². The predicted molar refractivity (Wildman–Crippen MR) is 123 cm³/mol. The van der Waals surface area contributed by atoms with Crippen LogP contribution in [-0.4, -0.2) is 22.5 Å². The van der Waals surface area contributed by atoms with Crippen molar-refractivity contribution in [1.29, 1.82) is 0 Å². The number of hydrogen-bond donors (Lipinski definition) is 1. The number of amides is 2. The summed E-state index contributed by atoms with van der Waals surface area (Å²) in [5, 5.41) is 3.04. The van der Waals surface area contributed by atoms with Crippen molar-refractivity contribution in [3.05, 3.63) is 83.7 Å². The molecular weight excluding hydrogens is 386 g/mol. The van der Waals surface area contributed by atoms with E-state index in [-0.39, 0.29) is 12.1 Å². The van der Waals surface area contributed by atoms with Crippen molar-refractivity contribution in [2.75, 3.05) is 11.9 Å². The van der Waals surface area contributed by atoms with E-state index >= 15 is 0 Å². The second-order valence-corrected chi connectivity index (χ2v) is 8.20. The topological polar surface area (TPSA) is 58.4 Å². The van der Waals surface area contributed by atoms with Crippen LogP contribution in [0.1, 0.15) is 35.9 Å². The summed E-state index contributed by atoms with van der Waals surface area (Å²) in [7, 11) is 0. The number of rotatable bonds is 3. The molecule has 31 heavy (non-hydrogen) atoms. The summed E-state index contributed by atoms with van der Waals surface area (Å²) >= 11 is 0. The minimum absolute atomic E-state index is 0.112. The Morgan fingerprint density at radius 3 is 2.71 bits per heavy atom. The second-order valence-electron chi connectivity index (χ2n) is 8.20. The Kier molecular flexibility index (Phi) is 4.94. The van der Waals surface area contributed by atoms with Gasteiger partial charge in [-0.05, 0) is 61.6 Å². The van der Waals surface area contributed by atoms with Crippen LogP contribution in [0.2, 0.25) is 0 Å². The van der Waals surface area contributed by atoms with Crippen molar-refractivity contribution >= 4 is 22.8 Å². The molecule has 1 unspecified atom stereocenters. The molecule has 0 aliphatic carbocycles. The first-order chi connectivity index (χ1) is 15.1. The van der Waals surface area contributed by atoms with Gasteiger partial charge in [-0.3, -0.25) is 0 Å². The van der Waals surface area contributed by atoms with E-state index < -0.39 is 0 Å². The number of aromatic nitrogens is 1. The second kappa shape index (κ2) is 7.91. The number of benzene rings is 3. The van der Waals surface area contributed by atoms with Gasteiger partial charge >= 0.3 is 6.03 Å². The Balaban J connectivity index is 1.41. The summed E-state index contributed by atoms with van der Waals surface area (Å²) < 4.78 is 6.09. The minimum Gasteiger partial charge on any atom is -0.438 e. The van der Waals surface area contributed by atoms with E-state index in [0.717, 1.165) is 46.3 Å². The summed E-state index contributed by atoms with van der Waals surface area (Å²) in [6.45, 7) is 4.77. The Morgan fingerprint density at radius 2 is 1.87 bits per heavy atom. The molecule has 1 N–H and O–H groups in total. The molecule has 5 nitrogen and oxygen atoms in total. The molecule has 1 fully saturated rings. The van der Waals surface area contributed by atoms with Crippen LogP contribution in [0.5, 0.6) is 0 Å². The van der Waals surface area contributed by atoms with Gasteiger partial charge in [0.2, 0.25) is 5.89 Å². The number of nitrogens with zero attached hydrogens (tertiary/aromatic N) is 2. The van der Waals surface area contributed by atoms with E-state index in [4.69, 9.17) is 9.40 Å². The molecule has 1 aliphatic heterocycles. The van der Waals surface area contributed by atoms with Gasteiger partial charge in [-0.1, -0.05) is 54.1 Å². The molecule has 5 rings (SSSR count). The number of carbonyl (C=O) groups is 1. The number of aryl methyl sites for hydroxylation is 2. The van der Waals surface area contributed by atoms with Gasteiger partial charge in [0.15, 0.2) is 5.58 Å². The number of fused-ring (bicyclic) bond motifs is 1. The molecule has 156 valence electrons. The molecule has 1 aromatic heterocycles. The molecule has 5 heteroatoms. The van der Waals surface area contributed by atoms with Crippen molar-refractivity contribution in [2.45, 2.75) is 32.7 Å². The lowest BCUT2D eigenvalue weighted by Crippen LogP contribution is -2.34. The smallest absolute Gasteiger partial charge is 0.322 e. The number of anilines is 1. The van der Waals surface area contributed by atoms with Gasteiger partial charge in [-0.25, -0.2) is 9.78 Å². The molecule has 1 atom stereocenters. The quantitative estimate of drug-likeness (QED) is 0.420. The Labute approximate surface area is 181 Å². The van der Waals surface area contributed by atoms with E-state index in [1.54, 1.807) is 0 Å². The van der Waals surface area contributed by atoms with E-state index in [1.807, 2.05) is 42.2 Å². The predicted octanol–water partition coefficient (Wildman–Crippen LogP) is 6.48. The van der Waals surface area contributed by atoms with E-state index in [9.17, 15) is 4.79 Å². The lowest BCUT2D eigenvalue weighted by Gasteiger charge is -2.23. The highest BCUT2D eigenvalue weighted by Gasteiger charge is 2.33. The normalized spacial score (nSPS) is 16.1. The molecule has 0 radical (unpaired) electrons. The highest BCUT2D eigenvalue weighted by Crippen LogP contribution is 2.35. The van der Waals surface area contributed by atoms with Crippen LogP contribution in [0.25, 0.3) is 22.2 Å². The number of hydrogen-bond acceptors (Lipinski definition) is 3. The van der Waals surface area contributed by atoms with Gasteiger partial charge < -0.3 is 14.6 Å². The molecular formula is C26H25N3O2. The molecule has 0 spiro atoms. The fourth-order valence-electron chi connectivity index (χ4n) is 4.26. The number of oxazole rings is 1. The lowest BCUT2D eigenvalue weighted by molar-refractivity contribution is 0.199. The lowest BCUT2D eigenvalue weighted by atomic mass is 10.0. The van der Waals surface area contributed by atoms with Crippen LogP contribution in [0, 0.1) is 13.8 Å². The molecule has 2 amide bonds. The number of carbonyl (C=O) groups excluding carboxylic acids is 1. The average Bonchev–Trinajstić information content (AvgIpc) is 3.41. The van der Waals surface area contributed by atoms with Gasteiger partial charge in [-0.15, -0.1) is 0 Å². The Hall–Kier alpha value is -3.60. The highest BCUT2D eigenvalue weighted by molar-refractivity contribution is 5.90. The summed E-state index contributed by atoms with van der Waals surface area (Å²) in [6.07, 6.45) is 1.78.